The Kier molecular flexibility index (Phi) is 1.76. The van der Waals surface area contributed by atoms with E-state index in [0.29, 0.717) is 5.69 Å². The lowest BCUT2D eigenvalue weighted by atomic mass is 10.1. The number of hydrogen-bond donors (Lipinski definition) is 1. The molecule has 0 aliphatic rings. The minimum atomic E-state index is 0.696. The lowest BCUT2D eigenvalue weighted by molar-refractivity contribution is 0.667. The lowest BCUT2D eigenvalue weighted by Gasteiger charge is -1.96. The summed E-state index contributed by atoms with van der Waals surface area (Å²) in [7, 11) is 0. The highest BCUT2D eigenvalue weighted by Crippen LogP contribution is 2.36. The molecule has 2 N–H and O–H groups in total. The van der Waals surface area contributed by atoms with Crippen molar-refractivity contribution in [3.05, 3.63) is 40.9 Å². The predicted octanol–water partition coefficient (Wildman–Crippen LogP) is 3.93. The molecule has 1 heterocycles. The van der Waals surface area contributed by atoms with Crippen LogP contribution in [0.1, 0.15) is 0 Å². The van der Waals surface area contributed by atoms with Gasteiger partial charge in [-0.15, -0.1) is 0 Å². The van der Waals surface area contributed by atoms with Crippen molar-refractivity contribution in [2.75, 3.05) is 5.73 Å². The van der Waals surface area contributed by atoms with Crippen LogP contribution >= 0.6 is 15.9 Å². The molecule has 1 aromatic heterocycles. The van der Waals surface area contributed by atoms with Crippen LogP contribution in [-0.2, 0) is 0 Å². The van der Waals surface area contributed by atoms with Crippen molar-refractivity contribution in [3.63, 3.8) is 0 Å². The van der Waals surface area contributed by atoms with E-state index in [4.69, 9.17) is 10.2 Å². The van der Waals surface area contributed by atoms with E-state index in [-0.39, 0.29) is 0 Å². The zero-order valence-electron chi connectivity index (χ0n) is 7.83. The van der Waals surface area contributed by atoms with E-state index in [1.165, 1.54) is 0 Å². The van der Waals surface area contributed by atoms with Crippen LogP contribution in [0.25, 0.3) is 21.9 Å². The fourth-order valence-corrected chi connectivity index (χ4v) is 2.20. The first-order chi connectivity index (χ1) is 7.27. The largest absolute Gasteiger partial charge is 0.455 e. The number of furan rings is 1. The summed E-state index contributed by atoms with van der Waals surface area (Å²) >= 11 is 3.44. The van der Waals surface area contributed by atoms with Gasteiger partial charge in [-0.1, -0.05) is 18.2 Å². The van der Waals surface area contributed by atoms with Crippen molar-refractivity contribution in [2.24, 2.45) is 0 Å². The Morgan fingerprint density at radius 2 is 1.80 bits per heavy atom. The minimum Gasteiger partial charge on any atom is -0.455 e. The molecule has 3 aromatic rings. The third-order valence-electron chi connectivity index (χ3n) is 2.52. The molecule has 0 atom stereocenters. The molecule has 0 unspecified atom stereocenters. The van der Waals surface area contributed by atoms with Crippen molar-refractivity contribution in [3.8, 4) is 0 Å². The first-order valence-electron chi connectivity index (χ1n) is 4.62. The monoisotopic (exact) mass is 261 g/mol. The van der Waals surface area contributed by atoms with E-state index in [1.54, 1.807) is 0 Å². The SMILES string of the molecule is Nc1ccc2c(oc3ccccc32)c1Br. The molecule has 0 bridgehead atoms. The van der Waals surface area contributed by atoms with E-state index in [1.807, 2.05) is 36.4 Å². The van der Waals surface area contributed by atoms with Gasteiger partial charge in [0.05, 0.1) is 4.47 Å². The number of para-hydroxylation sites is 1. The highest BCUT2D eigenvalue weighted by atomic mass is 79.9. The molecule has 74 valence electrons. The summed E-state index contributed by atoms with van der Waals surface area (Å²) in [5, 5.41) is 2.21. The van der Waals surface area contributed by atoms with Crippen molar-refractivity contribution < 1.29 is 4.42 Å². The van der Waals surface area contributed by atoms with Gasteiger partial charge in [0.2, 0.25) is 0 Å². The third kappa shape index (κ3) is 1.16. The molecule has 0 amide bonds. The zero-order valence-corrected chi connectivity index (χ0v) is 9.41. The smallest absolute Gasteiger partial charge is 0.151 e. The number of nitrogen functional groups attached to an aromatic ring is 1. The molecule has 0 aliphatic heterocycles. The first-order valence-corrected chi connectivity index (χ1v) is 5.42. The van der Waals surface area contributed by atoms with Gasteiger partial charge in [-0.05, 0) is 34.1 Å². The second kappa shape index (κ2) is 3.00. The van der Waals surface area contributed by atoms with Crippen LogP contribution in [0.4, 0.5) is 5.69 Å². The van der Waals surface area contributed by atoms with Crippen LogP contribution in [0.15, 0.2) is 45.3 Å². The number of hydrogen-bond acceptors (Lipinski definition) is 2. The Bertz CT molecular complexity index is 657. The predicted molar refractivity (Wildman–Crippen MR) is 65.8 cm³/mol. The number of rotatable bonds is 0. The van der Waals surface area contributed by atoms with Crippen LogP contribution in [0.5, 0.6) is 0 Å². The number of fused-ring (bicyclic) bond motifs is 3. The Hall–Kier alpha value is -1.48. The van der Waals surface area contributed by atoms with Crippen LogP contribution < -0.4 is 5.73 Å². The Morgan fingerprint density at radius 3 is 2.67 bits per heavy atom. The summed E-state index contributed by atoms with van der Waals surface area (Å²) in [6, 6.07) is 11.8. The molecule has 0 radical (unpaired) electrons. The second-order valence-electron chi connectivity index (χ2n) is 3.44. The summed E-state index contributed by atoms with van der Waals surface area (Å²) in [6.45, 7) is 0. The van der Waals surface area contributed by atoms with Gasteiger partial charge in [-0.2, -0.15) is 0 Å². The molecule has 15 heavy (non-hydrogen) atoms. The van der Waals surface area contributed by atoms with Crippen LogP contribution in [0.3, 0.4) is 0 Å². The molecule has 0 saturated carbocycles. The molecule has 0 spiro atoms. The summed E-state index contributed by atoms with van der Waals surface area (Å²) in [5.41, 5.74) is 8.20. The summed E-state index contributed by atoms with van der Waals surface area (Å²) in [4.78, 5) is 0. The molecule has 2 aromatic carbocycles. The Labute approximate surface area is 94.8 Å². The topological polar surface area (TPSA) is 39.2 Å². The molecular weight excluding hydrogens is 254 g/mol. The molecular formula is C12H8BrNO. The third-order valence-corrected chi connectivity index (χ3v) is 3.33. The van der Waals surface area contributed by atoms with E-state index >= 15 is 0 Å². The second-order valence-corrected chi connectivity index (χ2v) is 4.24. The zero-order chi connectivity index (χ0) is 10.4. The van der Waals surface area contributed by atoms with Crippen LogP contribution in [-0.4, -0.2) is 0 Å². The average Bonchev–Trinajstić information content (AvgIpc) is 2.63. The number of halogens is 1. The van der Waals surface area contributed by atoms with Gasteiger partial charge in [-0.25, -0.2) is 0 Å². The van der Waals surface area contributed by atoms with E-state index in [9.17, 15) is 0 Å². The van der Waals surface area contributed by atoms with Crippen molar-refractivity contribution in [1.29, 1.82) is 0 Å². The highest BCUT2D eigenvalue weighted by molar-refractivity contribution is 9.10. The standard InChI is InChI=1S/C12H8BrNO/c13-11-9(14)6-5-8-7-3-1-2-4-10(7)15-12(8)11/h1-6H,14H2. The van der Waals surface area contributed by atoms with E-state index in [0.717, 1.165) is 26.4 Å². The summed E-state index contributed by atoms with van der Waals surface area (Å²) in [5.74, 6) is 0. The Morgan fingerprint density at radius 1 is 1.00 bits per heavy atom. The minimum absolute atomic E-state index is 0.696. The highest BCUT2D eigenvalue weighted by Gasteiger charge is 2.10. The van der Waals surface area contributed by atoms with Gasteiger partial charge in [0.1, 0.15) is 5.58 Å². The fourth-order valence-electron chi connectivity index (χ4n) is 1.77. The average molecular weight is 262 g/mol. The number of nitrogens with two attached hydrogens (primary N) is 1. The molecule has 2 nitrogen and oxygen atoms in total. The normalized spacial score (nSPS) is 11.3. The maximum atomic E-state index is 5.80. The van der Waals surface area contributed by atoms with Crippen molar-refractivity contribution in [1.82, 2.24) is 0 Å². The molecule has 3 rings (SSSR count). The van der Waals surface area contributed by atoms with Gasteiger partial charge in [0, 0.05) is 16.5 Å². The summed E-state index contributed by atoms with van der Waals surface area (Å²) in [6.07, 6.45) is 0. The quantitative estimate of drug-likeness (QED) is 0.623. The molecule has 0 fully saturated rings. The lowest BCUT2D eigenvalue weighted by Crippen LogP contribution is -1.84. The van der Waals surface area contributed by atoms with Gasteiger partial charge < -0.3 is 10.2 Å². The van der Waals surface area contributed by atoms with Gasteiger partial charge in [0.25, 0.3) is 0 Å². The van der Waals surface area contributed by atoms with Crippen LogP contribution in [0.2, 0.25) is 0 Å². The number of benzene rings is 2. The fraction of sp³-hybridized carbons (Fsp3) is 0. The van der Waals surface area contributed by atoms with Gasteiger partial charge in [-0.3, -0.25) is 0 Å². The van der Waals surface area contributed by atoms with E-state index in [2.05, 4.69) is 15.9 Å². The first kappa shape index (κ1) is 8.80. The van der Waals surface area contributed by atoms with Crippen molar-refractivity contribution in [2.45, 2.75) is 0 Å². The molecule has 3 heteroatoms. The van der Waals surface area contributed by atoms with Crippen LogP contribution in [0, 0.1) is 0 Å². The molecule has 0 aliphatic carbocycles. The summed E-state index contributed by atoms with van der Waals surface area (Å²) < 4.78 is 6.57. The van der Waals surface area contributed by atoms with Gasteiger partial charge >= 0.3 is 0 Å². The maximum absolute atomic E-state index is 5.80. The Balaban J connectivity index is 2.60. The maximum Gasteiger partial charge on any atom is 0.151 e. The number of anilines is 1. The van der Waals surface area contributed by atoms with E-state index < -0.39 is 0 Å². The van der Waals surface area contributed by atoms with Crippen molar-refractivity contribution >= 4 is 43.6 Å². The van der Waals surface area contributed by atoms with Gasteiger partial charge in [0.15, 0.2) is 5.58 Å². The molecule has 0 saturated heterocycles.